The Balaban J connectivity index is 2.32. The van der Waals surface area contributed by atoms with E-state index in [2.05, 4.69) is 112 Å². The van der Waals surface area contributed by atoms with Crippen LogP contribution in [0.3, 0.4) is 0 Å². The molecule has 0 fully saturated rings. The van der Waals surface area contributed by atoms with Crippen LogP contribution in [-0.2, 0) is 0 Å². The first-order valence-corrected chi connectivity index (χ1v) is 8.49. The fourth-order valence-electron chi connectivity index (χ4n) is 3.31. The first-order chi connectivity index (χ1) is 12.0. The van der Waals surface area contributed by atoms with Gasteiger partial charge in [-0.2, -0.15) is 0 Å². The van der Waals surface area contributed by atoms with Gasteiger partial charge in [-0.3, -0.25) is 0 Å². The van der Waals surface area contributed by atoms with Gasteiger partial charge in [0.05, 0.1) is 0 Å². The van der Waals surface area contributed by atoms with E-state index in [1.807, 2.05) is 0 Å². The van der Waals surface area contributed by atoms with Crippen molar-refractivity contribution in [2.45, 2.75) is 0 Å². The molecule has 0 bridgehead atoms. The van der Waals surface area contributed by atoms with Crippen LogP contribution in [-0.4, -0.2) is 28.2 Å². The minimum absolute atomic E-state index is 1.04. The minimum atomic E-state index is 1.04. The second-order valence-electron chi connectivity index (χ2n) is 6.66. The van der Waals surface area contributed by atoms with E-state index >= 15 is 0 Å². The molecular weight excluding hydrogens is 304 g/mol. The molecule has 0 heterocycles. The predicted octanol–water partition coefficient (Wildman–Crippen LogP) is 5.33. The third-order valence-electron chi connectivity index (χ3n) is 4.48. The van der Waals surface area contributed by atoms with Crippen LogP contribution in [0.1, 0.15) is 5.56 Å². The number of hydrogen-bond acceptors (Lipinski definition) is 2. The molecule has 1 radical (unpaired) electrons. The molecule has 2 heteroatoms. The topological polar surface area (TPSA) is 6.48 Å². The monoisotopic (exact) mass is 329 g/mol. The van der Waals surface area contributed by atoms with E-state index < -0.39 is 0 Å². The summed E-state index contributed by atoms with van der Waals surface area (Å²) in [5, 5.41) is 0. The lowest BCUT2D eigenvalue weighted by molar-refractivity contribution is 1.13. The van der Waals surface area contributed by atoms with Crippen LogP contribution in [0, 0.1) is 6.92 Å². The Kier molecular flexibility index (Phi) is 4.80. The standard InChI is InChI=1S/C23H25N2/c1-17-11-10-14-19(18-12-6-8-15-21(18)24(2)3)23(17)20-13-7-9-16-22(20)25(4)5/h6-16H,1H2,2-5H3. The molecule has 0 spiro atoms. The third-order valence-corrected chi connectivity index (χ3v) is 4.48. The Morgan fingerprint density at radius 3 is 1.64 bits per heavy atom. The minimum Gasteiger partial charge on any atom is -0.377 e. The maximum Gasteiger partial charge on any atom is 0.0441 e. The van der Waals surface area contributed by atoms with E-state index in [-0.39, 0.29) is 0 Å². The highest BCUT2D eigenvalue weighted by Gasteiger charge is 2.16. The van der Waals surface area contributed by atoms with E-state index in [9.17, 15) is 0 Å². The van der Waals surface area contributed by atoms with E-state index in [1.165, 1.54) is 33.6 Å². The van der Waals surface area contributed by atoms with Crippen molar-refractivity contribution in [2.24, 2.45) is 0 Å². The number of benzene rings is 3. The second-order valence-corrected chi connectivity index (χ2v) is 6.66. The van der Waals surface area contributed by atoms with Crippen LogP contribution in [0.5, 0.6) is 0 Å². The molecule has 3 aromatic carbocycles. The summed E-state index contributed by atoms with van der Waals surface area (Å²) >= 11 is 0. The molecule has 0 aliphatic carbocycles. The Bertz CT molecular complexity index is 879. The molecule has 127 valence electrons. The zero-order chi connectivity index (χ0) is 18.0. The van der Waals surface area contributed by atoms with E-state index in [0.717, 1.165) is 5.56 Å². The van der Waals surface area contributed by atoms with E-state index in [1.54, 1.807) is 0 Å². The van der Waals surface area contributed by atoms with Crippen LogP contribution < -0.4 is 9.80 Å². The predicted molar refractivity (Wildman–Crippen MR) is 110 cm³/mol. The number of para-hydroxylation sites is 2. The van der Waals surface area contributed by atoms with E-state index in [0.29, 0.717) is 0 Å². The van der Waals surface area contributed by atoms with E-state index in [4.69, 9.17) is 0 Å². The molecule has 0 amide bonds. The second kappa shape index (κ2) is 7.02. The van der Waals surface area contributed by atoms with Gasteiger partial charge in [0.2, 0.25) is 0 Å². The summed E-state index contributed by atoms with van der Waals surface area (Å²) in [7, 11) is 8.33. The molecule has 0 aliphatic rings. The summed E-state index contributed by atoms with van der Waals surface area (Å²) < 4.78 is 0. The number of rotatable bonds is 4. The highest BCUT2D eigenvalue weighted by molar-refractivity contribution is 5.95. The fourth-order valence-corrected chi connectivity index (χ4v) is 3.31. The number of hydrogen-bond donors (Lipinski definition) is 0. The Labute approximate surface area is 151 Å². The van der Waals surface area contributed by atoms with Gasteiger partial charge in [-0.15, -0.1) is 0 Å². The van der Waals surface area contributed by atoms with Crippen LogP contribution in [0.25, 0.3) is 22.3 Å². The molecule has 3 rings (SSSR count). The number of anilines is 2. The summed E-state index contributed by atoms with van der Waals surface area (Å²) in [4.78, 5) is 4.32. The maximum atomic E-state index is 4.33. The van der Waals surface area contributed by atoms with Crippen molar-refractivity contribution in [3.8, 4) is 22.3 Å². The van der Waals surface area contributed by atoms with Crippen LogP contribution in [0.15, 0.2) is 66.7 Å². The van der Waals surface area contributed by atoms with Gasteiger partial charge in [0.15, 0.2) is 0 Å². The largest absolute Gasteiger partial charge is 0.377 e. The molecule has 0 saturated heterocycles. The highest BCUT2D eigenvalue weighted by Crippen LogP contribution is 2.41. The smallest absolute Gasteiger partial charge is 0.0441 e. The third kappa shape index (κ3) is 3.25. The molecule has 0 atom stereocenters. The maximum absolute atomic E-state index is 4.33. The molecule has 2 nitrogen and oxygen atoms in total. The zero-order valence-corrected chi connectivity index (χ0v) is 15.5. The summed E-state index contributed by atoms with van der Waals surface area (Å²) in [5.41, 5.74) is 8.29. The van der Waals surface area contributed by atoms with Gasteiger partial charge >= 0.3 is 0 Å². The molecule has 0 unspecified atom stereocenters. The highest BCUT2D eigenvalue weighted by atomic mass is 15.1. The van der Waals surface area contributed by atoms with Crippen LogP contribution in [0.2, 0.25) is 0 Å². The Morgan fingerprint density at radius 1 is 0.560 bits per heavy atom. The molecule has 25 heavy (non-hydrogen) atoms. The van der Waals surface area contributed by atoms with Crippen LogP contribution >= 0.6 is 0 Å². The van der Waals surface area contributed by atoms with Gasteiger partial charge in [0, 0.05) is 50.7 Å². The van der Waals surface area contributed by atoms with Crippen molar-refractivity contribution in [2.75, 3.05) is 38.0 Å². The van der Waals surface area contributed by atoms with Crippen molar-refractivity contribution in [1.82, 2.24) is 0 Å². The van der Waals surface area contributed by atoms with Gasteiger partial charge < -0.3 is 9.80 Å². The summed E-state index contributed by atoms with van der Waals surface area (Å²) in [5.74, 6) is 0. The Morgan fingerprint density at radius 2 is 1.04 bits per heavy atom. The molecular formula is C23H25N2. The first-order valence-electron chi connectivity index (χ1n) is 8.49. The zero-order valence-electron chi connectivity index (χ0n) is 15.5. The fraction of sp³-hybridized carbons (Fsp3) is 0.174. The molecule has 0 saturated carbocycles. The van der Waals surface area contributed by atoms with Crippen molar-refractivity contribution in [3.63, 3.8) is 0 Å². The van der Waals surface area contributed by atoms with Crippen molar-refractivity contribution in [3.05, 3.63) is 79.2 Å². The molecule has 0 aromatic heterocycles. The molecule has 0 N–H and O–H groups in total. The first kappa shape index (κ1) is 17.1. The lowest BCUT2D eigenvalue weighted by atomic mass is 9.89. The van der Waals surface area contributed by atoms with Crippen molar-refractivity contribution in [1.29, 1.82) is 0 Å². The van der Waals surface area contributed by atoms with Gasteiger partial charge in [0.1, 0.15) is 0 Å². The lowest BCUT2D eigenvalue weighted by Crippen LogP contribution is -2.11. The molecule has 0 aliphatic heterocycles. The van der Waals surface area contributed by atoms with Gasteiger partial charge in [0.25, 0.3) is 0 Å². The quantitative estimate of drug-likeness (QED) is 0.638. The Hall–Kier alpha value is -2.74. The van der Waals surface area contributed by atoms with Gasteiger partial charge in [-0.05, 0) is 35.7 Å². The average molecular weight is 329 g/mol. The van der Waals surface area contributed by atoms with Crippen LogP contribution in [0.4, 0.5) is 11.4 Å². The van der Waals surface area contributed by atoms with Crippen molar-refractivity contribution >= 4 is 11.4 Å². The summed E-state index contributed by atoms with van der Waals surface area (Å²) in [6.45, 7) is 4.33. The molecule has 3 aromatic rings. The SMILES string of the molecule is [CH2]c1cccc(-c2ccccc2N(C)C)c1-c1ccccc1N(C)C. The lowest BCUT2D eigenvalue weighted by Gasteiger charge is -2.23. The summed E-state index contributed by atoms with van der Waals surface area (Å²) in [6.07, 6.45) is 0. The van der Waals surface area contributed by atoms with Crippen molar-refractivity contribution < 1.29 is 0 Å². The normalized spacial score (nSPS) is 10.6. The number of nitrogens with zero attached hydrogens (tertiary/aromatic N) is 2. The van der Waals surface area contributed by atoms with Gasteiger partial charge in [-0.25, -0.2) is 0 Å². The summed E-state index contributed by atoms with van der Waals surface area (Å²) in [6, 6.07) is 23.4. The van der Waals surface area contributed by atoms with Gasteiger partial charge in [-0.1, -0.05) is 54.6 Å². The average Bonchev–Trinajstić information content (AvgIpc) is 2.61.